The summed E-state index contributed by atoms with van der Waals surface area (Å²) in [5.74, 6) is -0.331. The quantitative estimate of drug-likeness (QED) is 0.875. The lowest BCUT2D eigenvalue weighted by molar-refractivity contribution is -0.120. The second-order valence-electron chi connectivity index (χ2n) is 4.52. The third-order valence-electron chi connectivity index (χ3n) is 2.80. The van der Waals surface area contributed by atoms with Crippen LogP contribution in [0.5, 0.6) is 0 Å². The number of sulfone groups is 1. The van der Waals surface area contributed by atoms with Crippen LogP contribution in [0.1, 0.15) is 10.7 Å². The minimum absolute atomic E-state index is 0.0964. The van der Waals surface area contributed by atoms with Gasteiger partial charge in [-0.25, -0.2) is 13.4 Å². The molecule has 2 rings (SSSR count). The molecule has 0 atom stereocenters. The molecule has 0 unspecified atom stereocenters. The molecular formula is C14H16N2O3S2. The zero-order chi connectivity index (χ0) is 15.3. The fraction of sp³-hybridized carbons (Fsp3) is 0.286. The molecule has 0 fully saturated rings. The SMILES string of the molecule is Cc1nc(CC(=O)NCCS(=O)(=O)c2ccccc2)cs1. The summed E-state index contributed by atoms with van der Waals surface area (Å²) < 4.78 is 24.0. The summed E-state index contributed by atoms with van der Waals surface area (Å²) in [6.45, 7) is 1.97. The van der Waals surface area contributed by atoms with E-state index in [4.69, 9.17) is 0 Å². The van der Waals surface area contributed by atoms with Crippen LogP contribution in [-0.2, 0) is 21.1 Å². The Labute approximate surface area is 128 Å². The van der Waals surface area contributed by atoms with Gasteiger partial charge in [-0.15, -0.1) is 11.3 Å². The van der Waals surface area contributed by atoms with Crippen LogP contribution in [0.2, 0.25) is 0 Å². The molecule has 0 aliphatic rings. The van der Waals surface area contributed by atoms with E-state index in [1.54, 1.807) is 30.3 Å². The van der Waals surface area contributed by atoms with Crippen molar-refractivity contribution in [2.24, 2.45) is 0 Å². The standard InChI is InChI=1S/C14H16N2O3S2/c1-11-16-12(10-20-11)9-14(17)15-7-8-21(18,19)13-5-3-2-4-6-13/h2-6,10H,7-9H2,1H3,(H,15,17). The van der Waals surface area contributed by atoms with Gasteiger partial charge >= 0.3 is 0 Å². The Morgan fingerprint density at radius 2 is 2.00 bits per heavy atom. The number of benzene rings is 1. The van der Waals surface area contributed by atoms with Gasteiger partial charge in [0.25, 0.3) is 0 Å². The van der Waals surface area contributed by atoms with Crippen LogP contribution < -0.4 is 5.32 Å². The van der Waals surface area contributed by atoms with Gasteiger partial charge in [0.05, 0.1) is 27.8 Å². The van der Waals surface area contributed by atoms with Gasteiger partial charge in [0.2, 0.25) is 5.91 Å². The minimum atomic E-state index is -3.35. The van der Waals surface area contributed by atoms with Gasteiger partial charge in [-0.2, -0.15) is 0 Å². The Balaban J connectivity index is 1.82. The Hall–Kier alpha value is -1.73. The highest BCUT2D eigenvalue weighted by Crippen LogP contribution is 2.10. The smallest absolute Gasteiger partial charge is 0.226 e. The highest BCUT2D eigenvalue weighted by atomic mass is 32.2. The molecule has 1 N–H and O–H groups in total. The molecular weight excluding hydrogens is 308 g/mol. The third kappa shape index (κ3) is 4.64. The average Bonchev–Trinajstić information content (AvgIpc) is 2.85. The lowest BCUT2D eigenvalue weighted by Crippen LogP contribution is -2.30. The lowest BCUT2D eigenvalue weighted by Gasteiger charge is -2.06. The fourth-order valence-electron chi connectivity index (χ4n) is 1.79. The van der Waals surface area contributed by atoms with E-state index in [1.807, 2.05) is 12.3 Å². The zero-order valence-electron chi connectivity index (χ0n) is 11.6. The second kappa shape index (κ2) is 6.82. The van der Waals surface area contributed by atoms with Crippen molar-refractivity contribution in [1.82, 2.24) is 10.3 Å². The predicted octanol–water partition coefficient (Wildman–Crippen LogP) is 1.58. The van der Waals surface area contributed by atoms with Crippen LogP contribution in [-0.4, -0.2) is 31.6 Å². The summed E-state index contributed by atoms with van der Waals surface area (Å²) in [6, 6.07) is 8.22. The molecule has 0 spiro atoms. The number of aromatic nitrogens is 1. The first-order valence-electron chi connectivity index (χ1n) is 6.43. The maximum Gasteiger partial charge on any atom is 0.226 e. The summed E-state index contributed by atoms with van der Waals surface area (Å²) in [5, 5.41) is 5.35. The van der Waals surface area contributed by atoms with Crippen molar-refractivity contribution < 1.29 is 13.2 Å². The molecule has 0 aliphatic heterocycles. The lowest BCUT2D eigenvalue weighted by atomic mass is 10.3. The molecule has 0 saturated carbocycles. The first-order valence-corrected chi connectivity index (χ1v) is 8.96. The van der Waals surface area contributed by atoms with Crippen LogP contribution in [0, 0.1) is 6.92 Å². The van der Waals surface area contributed by atoms with Crippen molar-refractivity contribution in [3.05, 3.63) is 46.4 Å². The van der Waals surface area contributed by atoms with Crippen LogP contribution in [0.4, 0.5) is 0 Å². The molecule has 1 heterocycles. The number of carbonyl (C=O) groups is 1. The van der Waals surface area contributed by atoms with E-state index in [2.05, 4.69) is 10.3 Å². The monoisotopic (exact) mass is 324 g/mol. The van der Waals surface area contributed by atoms with Crippen molar-refractivity contribution in [2.75, 3.05) is 12.3 Å². The first kappa shape index (κ1) is 15.7. The Morgan fingerprint density at radius 3 is 2.62 bits per heavy atom. The minimum Gasteiger partial charge on any atom is -0.355 e. The van der Waals surface area contributed by atoms with Gasteiger partial charge in [0.1, 0.15) is 0 Å². The van der Waals surface area contributed by atoms with Gasteiger partial charge < -0.3 is 5.32 Å². The van der Waals surface area contributed by atoms with Crippen LogP contribution >= 0.6 is 11.3 Å². The van der Waals surface area contributed by atoms with Crippen LogP contribution in [0.15, 0.2) is 40.6 Å². The highest BCUT2D eigenvalue weighted by molar-refractivity contribution is 7.91. The summed E-state index contributed by atoms with van der Waals surface area (Å²) in [4.78, 5) is 16.2. The van der Waals surface area contributed by atoms with E-state index in [9.17, 15) is 13.2 Å². The number of hydrogen-bond acceptors (Lipinski definition) is 5. The first-order chi connectivity index (χ1) is 9.97. The second-order valence-corrected chi connectivity index (χ2v) is 7.69. The van der Waals surface area contributed by atoms with E-state index in [0.29, 0.717) is 5.69 Å². The van der Waals surface area contributed by atoms with Gasteiger partial charge in [0, 0.05) is 11.9 Å². The Kier molecular flexibility index (Phi) is 5.08. The molecule has 7 heteroatoms. The molecule has 21 heavy (non-hydrogen) atoms. The molecule has 1 amide bonds. The number of carbonyl (C=O) groups excluding carboxylic acids is 1. The van der Waals surface area contributed by atoms with Crippen molar-refractivity contribution in [1.29, 1.82) is 0 Å². The molecule has 5 nitrogen and oxygen atoms in total. The van der Waals surface area contributed by atoms with E-state index in [-0.39, 0.29) is 29.5 Å². The summed E-state index contributed by atoms with van der Waals surface area (Å²) in [7, 11) is -3.35. The Morgan fingerprint density at radius 1 is 1.29 bits per heavy atom. The molecule has 1 aromatic heterocycles. The van der Waals surface area contributed by atoms with Gasteiger partial charge in [0.15, 0.2) is 9.84 Å². The molecule has 0 aliphatic carbocycles. The van der Waals surface area contributed by atoms with Gasteiger partial charge in [-0.3, -0.25) is 4.79 Å². The number of amides is 1. The van der Waals surface area contributed by atoms with E-state index in [0.717, 1.165) is 5.01 Å². The number of nitrogens with one attached hydrogen (secondary N) is 1. The van der Waals surface area contributed by atoms with E-state index >= 15 is 0 Å². The number of aryl methyl sites for hydroxylation is 1. The number of hydrogen-bond donors (Lipinski definition) is 1. The number of thiazole rings is 1. The normalized spacial score (nSPS) is 11.3. The third-order valence-corrected chi connectivity index (χ3v) is 5.36. The van der Waals surface area contributed by atoms with Crippen molar-refractivity contribution in [3.8, 4) is 0 Å². The van der Waals surface area contributed by atoms with E-state index < -0.39 is 9.84 Å². The van der Waals surface area contributed by atoms with Gasteiger partial charge in [-0.05, 0) is 19.1 Å². The van der Waals surface area contributed by atoms with Crippen LogP contribution in [0.25, 0.3) is 0 Å². The summed E-state index contributed by atoms with van der Waals surface area (Å²) in [5.41, 5.74) is 0.709. The largest absolute Gasteiger partial charge is 0.355 e. The van der Waals surface area contributed by atoms with Crippen LogP contribution in [0.3, 0.4) is 0 Å². The van der Waals surface area contributed by atoms with E-state index in [1.165, 1.54) is 11.3 Å². The predicted molar refractivity (Wildman–Crippen MR) is 82.1 cm³/mol. The molecule has 1 aromatic carbocycles. The summed E-state index contributed by atoms with van der Waals surface area (Å²) >= 11 is 1.48. The van der Waals surface area contributed by atoms with Crippen molar-refractivity contribution in [3.63, 3.8) is 0 Å². The molecule has 0 saturated heterocycles. The maximum absolute atomic E-state index is 12.0. The summed E-state index contributed by atoms with van der Waals surface area (Å²) in [6.07, 6.45) is 0.176. The number of rotatable bonds is 6. The fourth-order valence-corrected chi connectivity index (χ4v) is 3.58. The topological polar surface area (TPSA) is 76.1 Å². The maximum atomic E-state index is 12.0. The number of nitrogens with zero attached hydrogens (tertiary/aromatic N) is 1. The van der Waals surface area contributed by atoms with Crippen molar-refractivity contribution in [2.45, 2.75) is 18.2 Å². The van der Waals surface area contributed by atoms with Gasteiger partial charge in [-0.1, -0.05) is 18.2 Å². The molecule has 0 bridgehead atoms. The highest BCUT2D eigenvalue weighted by Gasteiger charge is 2.14. The van der Waals surface area contributed by atoms with Crippen molar-refractivity contribution >= 4 is 27.1 Å². The zero-order valence-corrected chi connectivity index (χ0v) is 13.2. The Bertz CT molecular complexity index is 709. The average molecular weight is 324 g/mol. The molecule has 2 aromatic rings. The molecule has 112 valence electrons. The molecule has 0 radical (unpaired) electrons.